The Bertz CT molecular complexity index is 666. The highest BCUT2D eigenvalue weighted by Crippen LogP contribution is 2.20. The third kappa shape index (κ3) is 4.40. The summed E-state index contributed by atoms with van der Waals surface area (Å²) in [6.45, 7) is 5.23. The molecule has 0 aliphatic heterocycles. The number of ether oxygens (including phenoxy) is 1. The van der Waals surface area contributed by atoms with Gasteiger partial charge in [0, 0.05) is 13.1 Å². The Balaban J connectivity index is 2.15. The molecular weight excluding hydrogens is 294 g/mol. The average molecular weight is 313 g/mol. The lowest BCUT2D eigenvalue weighted by Crippen LogP contribution is -2.27. The maximum absolute atomic E-state index is 12.3. The molecule has 2 aromatic carbocycles. The van der Waals surface area contributed by atoms with Crippen molar-refractivity contribution in [1.82, 2.24) is 5.06 Å². The number of nitrogens with zero attached hydrogens (tertiary/aromatic N) is 1. The van der Waals surface area contributed by atoms with Crippen LogP contribution in [-0.4, -0.2) is 30.1 Å². The minimum absolute atomic E-state index is 0.212. The molecule has 0 fully saturated rings. The molecule has 0 bridgehead atoms. The number of hydroxylamine groups is 2. The first-order valence-electron chi connectivity index (χ1n) is 7.49. The summed E-state index contributed by atoms with van der Waals surface area (Å²) in [4.78, 5) is 29.9. The number of hydrogen-bond acceptors (Lipinski definition) is 5. The van der Waals surface area contributed by atoms with Crippen molar-refractivity contribution in [2.24, 2.45) is 0 Å². The molecule has 2 aromatic rings. The van der Waals surface area contributed by atoms with Gasteiger partial charge >= 0.3 is 11.9 Å². The normalized spacial score (nSPS) is 10.4. The van der Waals surface area contributed by atoms with E-state index in [1.807, 2.05) is 13.8 Å². The lowest BCUT2D eigenvalue weighted by Gasteiger charge is -2.20. The zero-order valence-corrected chi connectivity index (χ0v) is 13.2. The minimum Gasteiger partial charge on any atom is -0.405 e. The van der Waals surface area contributed by atoms with E-state index in [0.29, 0.717) is 24.4 Å². The van der Waals surface area contributed by atoms with E-state index in [1.165, 1.54) is 0 Å². The van der Waals surface area contributed by atoms with Crippen molar-refractivity contribution in [2.75, 3.05) is 13.1 Å². The van der Waals surface area contributed by atoms with Gasteiger partial charge in [0.25, 0.3) is 0 Å². The van der Waals surface area contributed by atoms with Gasteiger partial charge < -0.3 is 9.57 Å². The van der Waals surface area contributed by atoms with Crippen LogP contribution in [-0.2, 0) is 4.74 Å². The summed E-state index contributed by atoms with van der Waals surface area (Å²) in [5.41, 5.74) is 0.534. The van der Waals surface area contributed by atoms with Crippen LogP contribution in [0.25, 0.3) is 0 Å². The highest BCUT2D eigenvalue weighted by Gasteiger charge is 2.19. The summed E-state index contributed by atoms with van der Waals surface area (Å²) < 4.78 is 4.94. The predicted octanol–water partition coefficient (Wildman–Crippen LogP) is 3.32. The van der Waals surface area contributed by atoms with Crippen LogP contribution in [0.3, 0.4) is 0 Å². The van der Waals surface area contributed by atoms with Gasteiger partial charge in [-0.2, -0.15) is 0 Å². The lowest BCUT2D eigenvalue weighted by molar-refractivity contribution is -0.0495. The average Bonchev–Trinajstić information content (AvgIpc) is 2.60. The van der Waals surface area contributed by atoms with Crippen molar-refractivity contribution in [3.63, 3.8) is 0 Å². The first kappa shape index (κ1) is 16.7. The first-order chi connectivity index (χ1) is 11.2. The minimum atomic E-state index is -0.735. The Kier molecular flexibility index (Phi) is 5.88. The van der Waals surface area contributed by atoms with Gasteiger partial charge in [0.2, 0.25) is 0 Å². The monoisotopic (exact) mass is 313 g/mol. The van der Waals surface area contributed by atoms with Crippen molar-refractivity contribution in [3.05, 3.63) is 65.7 Å². The fourth-order valence-corrected chi connectivity index (χ4v) is 1.98. The Morgan fingerprint density at radius 2 is 1.48 bits per heavy atom. The predicted molar refractivity (Wildman–Crippen MR) is 86.2 cm³/mol. The van der Waals surface area contributed by atoms with E-state index in [1.54, 1.807) is 59.7 Å². The molecular formula is C18H19NO4. The molecule has 2 rings (SSSR count). The second-order valence-corrected chi connectivity index (χ2v) is 4.74. The van der Waals surface area contributed by atoms with Crippen LogP contribution in [0, 0.1) is 0 Å². The summed E-state index contributed by atoms with van der Waals surface area (Å²) in [6.07, 6.45) is 0. The van der Waals surface area contributed by atoms with Gasteiger partial charge in [0.05, 0.1) is 5.56 Å². The fourth-order valence-electron chi connectivity index (χ4n) is 1.98. The summed E-state index contributed by atoms with van der Waals surface area (Å²) in [6, 6.07) is 15.1. The van der Waals surface area contributed by atoms with Gasteiger partial charge in [-0.25, -0.2) is 9.59 Å². The fraction of sp³-hybridized carbons (Fsp3) is 0.222. The van der Waals surface area contributed by atoms with Gasteiger partial charge in [0.1, 0.15) is 5.56 Å². The molecule has 0 saturated carbocycles. The third-order valence-corrected chi connectivity index (χ3v) is 3.23. The number of carbonyl (C=O) groups is 2. The summed E-state index contributed by atoms with van der Waals surface area (Å²) >= 11 is 0. The maximum Gasteiger partial charge on any atom is 0.349 e. The van der Waals surface area contributed by atoms with Crippen molar-refractivity contribution in [2.45, 2.75) is 13.8 Å². The molecule has 0 spiro atoms. The van der Waals surface area contributed by atoms with Crippen LogP contribution in [0.4, 0.5) is 0 Å². The molecule has 0 saturated heterocycles. The first-order valence-corrected chi connectivity index (χ1v) is 7.49. The SMILES string of the molecule is CCN(CC)Oc1ccccc1C(=O)OC(=O)c1ccccc1. The molecule has 23 heavy (non-hydrogen) atoms. The van der Waals surface area contributed by atoms with Crippen LogP contribution >= 0.6 is 0 Å². The molecule has 0 aromatic heterocycles. The molecule has 0 atom stereocenters. The summed E-state index contributed by atoms with van der Waals surface area (Å²) in [5.74, 6) is -1.06. The Morgan fingerprint density at radius 3 is 2.13 bits per heavy atom. The molecule has 0 heterocycles. The van der Waals surface area contributed by atoms with Crippen molar-refractivity contribution in [3.8, 4) is 5.75 Å². The van der Waals surface area contributed by atoms with Crippen LogP contribution in [0.5, 0.6) is 5.75 Å². The van der Waals surface area contributed by atoms with E-state index in [9.17, 15) is 9.59 Å². The number of hydrogen-bond donors (Lipinski definition) is 0. The molecule has 0 aliphatic carbocycles. The quantitative estimate of drug-likeness (QED) is 0.465. The van der Waals surface area contributed by atoms with Crippen LogP contribution in [0.1, 0.15) is 34.6 Å². The number of esters is 2. The van der Waals surface area contributed by atoms with Gasteiger partial charge in [-0.1, -0.05) is 30.3 Å². The van der Waals surface area contributed by atoms with Crippen molar-refractivity contribution < 1.29 is 19.2 Å². The van der Waals surface area contributed by atoms with Crippen molar-refractivity contribution >= 4 is 11.9 Å². The van der Waals surface area contributed by atoms with E-state index in [2.05, 4.69) is 0 Å². The molecule has 120 valence electrons. The number of para-hydroxylation sites is 1. The summed E-state index contributed by atoms with van der Waals surface area (Å²) in [7, 11) is 0. The van der Waals surface area contributed by atoms with Gasteiger partial charge in [-0.3, -0.25) is 0 Å². The standard InChI is InChI=1S/C18H19NO4/c1-3-19(4-2)23-16-13-9-8-12-15(16)18(21)22-17(20)14-10-6-5-7-11-14/h5-13H,3-4H2,1-2H3. The highest BCUT2D eigenvalue weighted by atomic mass is 16.7. The molecule has 0 amide bonds. The van der Waals surface area contributed by atoms with Gasteiger partial charge in [0.15, 0.2) is 5.75 Å². The molecule has 5 nitrogen and oxygen atoms in total. The Hall–Kier alpha value is -2.66. The number of carbonyl (C=O) groups excluding carboxylic acids is 2. The van der Waals surface area contributed by atoms with Crippen LogP contribution < -0.4 is 4.84 Å². The van der Waals surface area contributed by atoms with E-state index >= 15 is 0 Å². The van der Waals surface area contributed by atoms with Gasteiger partial charge in [-0.05, 0) is 38.1 Å². The zero-order valence-electron chi connectivity index (χ0n) is 13.2. The molecule has 5 heteroatoms. The second kappa shape index (κ2) is 8.10. The number of benzene rings is 2. The largest absolute Gasteiger partial charge is 0.405 e. The smallest absolute Gasteiger partial charge is 0.349 e. The lowest BCUT2D eigenvalue weighted by atomic mass is 10.2. The second-order valence-electron chi connectivity index (χ2n) is 4.74. The highest BCUT2D eigenvalue weighted by molar-refractivity contribution is 6.03. The Labute approximate surface area is 135 Å². The van der Waals surface area contributed by atoms with Crippen LogP contribution in [0.15, 0.2) is 54.6 Å². The molecule has 0 N–H and O–H groups in total. The van der Waals surface area contributed by atoms with Gasteiger partial charge in [-0.15, -0.1) is 5.06 Å². The van der Waals surface area contributed by atoms with Crippen LogP contribution in [0.2, 0.25) is 0 Å². The zero-order chi connectivity index (χ0) is 16.7. The molecule has 0 aliphatic rings. The topological polar surface area (TPSA) is 55.8 Å². The van der Waals surface area contributed by atoms with Crippen molar-refractivity contribution in [1.29, 1.82) is 0 Å². The third-order valence-electron chi connectivity index (χ3n) is 3.23. The summed E-state index contributed by atoms with van der Waals surface area (Å²) in [5, 5.41) is 1.70. The van der Waals surface area contributed by atoms with E-state index in [0.717, 1.165) is 0 Å². The van der Waals surface area contributed by atoms with E-state index in [4.69, 9.17) is 9.57 Å². The van der Waals surface area contributed by atoms with E-state index < -0.39 is 11.9 Å². The maximum atomic E-state index is 12.3. The van der Waals surface area contributed by atoms with E-state index in [-0.39, 0.29) is 5.56 Å². The Morgan fingerprint density at radius 1 is 0.870 bits per heavy atom. The number of rotatable bonds is 6. The molecule has 0 unspecified atom stereocenters. The molecule has 0 radical (unpaired) electrons.